The molecular formula is C14H14N4O2. The molecule has 2 rings (SSSR count). The molecule has 102 valence electrons. The molecule has 0 radical (unpaired) electrons. The van der Waals surface area contributed by atoms with Crippen LogP contribution in [0.1, 0.15) is 21.7 Å². The van der Waals surface area contributed by atoms with E-state index in [9.17, 15) is 4.79 Å². The van der Waals surface area contributed by atoms with E-state index in [1.807, 2.05) is 6.07 Å². The first kappa shape index (κ1) is 13.8. The van der Waals surface area contributed by atoms with Gasteiger partial charge in [0, 0.05) is 19.4 Å². The molecule has 0 aliphatic rings. The van der Waals surface area contributed by atoms with Gasteiger partial charge in [-0.1, -0.05) is 11.8 Å². The maximum atomic E-state index is 12.1. The summed E-state index contributed by atoms with van der Waals surface area (Å²) >= 11 is 0. The minimum absolute atomic E-state index is 0.246. The maximum absolute atomic E-state index is 12.1. The molecule has 6 nitrogen and oxygen atoms in total. The molecule has 0 saturated heterocycles. The first-order chi connectivity index (χ1) is 9.72. The average molecular weight is 270 g/mol. The van der Waals surface area contributed by atoms with Crippen LogP contribution in [0.3, 0.4) is 0 Å². The number of hydrogen-bond acceptors (Lipinski definition) is 4. The number of pyridine rings is 1. The maximum Gasteiger partial charge on any atom is 0.271 e. The Morgan fingerprint density at radius 1 is 1.45 bits per heavy atom. The van der Waals surface area contributed by atoms with Gasteiger partial charge >= 0.3 is 0 Å². The molecule has 0 atom stereocenters. The monoisotopic (exact) mass is 270 g/mol. The molecule has 2 aromatic heterocycles. The zero-order valence-corrected chi connectivity index (χ0v) is 11.0. The summed E-state index contributed by atoms with van der Waals surface area (Å²) in [6.45, 7) is 0.101. The van der Waals surface area contributed by atoms with Crippen LogP contribution in [-0.2, 0) is 13.6 Å². The zero-order valence-electron chi connectivity index (χ0n) is 11.0. The van der Waals surface area contributed by atoms with Crippen LogP contribution < -0.4 is 5.32 Å². The lowest BCUT2D eigenvalue weighted by atomic mass is 10.2. The van der Waals surface area contributed by atoms with E-state index in [0.717, 1.165) is 5.69 Å². The van der Waals surface area contributed by atoms with Crippen LogP contribution in [0.4, 0.5) is 0 Å². The van der Waals surface area contributed by atoms with E-state index in [2.05, 4.69) is 27.2 Å². The zero-order chi connectivity index (χ0) is 14.4. The Bertz CT molecular complexity index is 667. The van der Waals surface area contributed by atoms with Crippen LogP contribution in [0.2, 0.25) is 0 Å². The molecular weight excluding hydrogens is 256 g/mol. The molecule has 2 N–H and O–H groups in total. The van der Waals surface area contributed by atoms with Crippen molar-refractivity contribution in [3.8, 4) is 11.8 Å². The van der Waals surface area contributed by atoms with Crippen LogP contribution in [-0.4, -0.2) is 32.4 Å². The molecule has 0 aromatic carbocycles. The Morgan fingerprint density at radius 3 is 3.00 bits per heavy atom. The van der Waals surface area contributed by atoms with Gasteiger partial charge in [-0.3, -0.25) is 9.48 Å². The summed E-state index contributed by atoms with van der Waals surface area (Å²) in [4.78, 5) is 16.1. The Balaban J connectivity index is 2.11. The molecule has 0 saturated carbocycles. The van der Waals surface area contributed by atoms with Crippen molar-refractivity contribution < 1.29 is 9.90 Å². The number of amides is 1. The molecule has 20 heavy (non-hydrogen) atoms. The van der Waals surface area contributed by atoms with E-state index in [0.29, 0.717) is 12.1 Å². The number of aliphatic hydroxyl groups is 1. The SMILES string of the molecule is Cn1nccc1CNC(=O)c1ncccc1C#CCO. The van der Waals surface area contributed by atoms with Gasteiger partial charge in [0.1, 0.15) is 12.3 Å². The van der Waals surface area contributed by atoms with Crippen molar-refractivity contribution >= 4 is 5.91 Å². The Hall–Kier alpha value is -2.65. The first-order valence-corrected chi connectivity index (χ1v) is 6.02. The molecule has 0 aliphatic heterocycles. The van der Waals surface area contributed by atoms with Crippen molar-refractivity contribution in [1.29, 1.82) is 0 Å². The number of hydrogen-bond donors (Lipinski definition) is 2. The molecule has 6 heteroatoms. The highest BCUT2D eigenvalue weighted by atomic mass is 16.2. The van der Waals surface area contributed by atoms with Crippen molar-refractivity contribution in [3.05, 3.63) is 47.5 Å². The second-order valence-electron chi connectivity index (χ2n) is 3.99. The highest BCUT2D eigenvalue weighted by Crippen LogP contribution is 2.04. The third kappa shape index (κ3) is 3.22. The standard InChI is InChI=1S/C14H14N4O2/c1-18-12(6-8-17-18)10-16-14(20)13-11(5-3-9-19)4-2-7-15-13/h2,4,6-8,19H,9-10H2,1H3,(H,16,20). The lowest BCUT2D eigenvalue weighted by molar-refractivity contribution is 0.0945. The third-order valence-electron chi connectivity index (χ3n) is 2.68. The number of aromatic nitrogens is 3. The Kier molecular flexibility index (Phi) is 4.47. The van der Waals surface area contributed by atoms with Crippen LogP contribution >= 0.6 is 0 Å². The number of aliphatic hydroxyl groups excluding tert-OH is 1. The normalized spacial score (nSPS) is 9.70. The number of carbonyl (C=O) groups excluding carboxylic acids is 1. The summed E-state index contributed by atoms with van der Waals surface area (Å²) in [5, 5.41) is 15.5. The smallest absolute Gasteiger partial charge is 0.271 e. The van der Waals surface area contributed by atoms with Crippen LogP contribution in [0, 0.1) is 11.8 Å². The van der Waals surface area contributed by atoms with Gasteiger partial charge in [0.05, 0.1) is 17.8 Å². The van der Waals surface area contributed by atoms with Gasteiger partial charge in [0.15, 0.2) is 0 Å². The number of rotatable bonds is 3. The van der Waals surface area contributed by atoms with Crippen LogP contribution in [0.15, 0.2) is 30.6 Å². The summed E-state index contributed by atoms with van der Waals surface area (Å²) in [5.74, 6) is 4.91. The van der Waals surface area contributed by atoms with Crippen molar-refractivity contribution in [1.82, 2.24) is 20.1 Å². The molecule has 2 aromatic rings. The topological polar surface area (TPSA) is 80.0 Å². The van der Waals surface area contributed by atoms with Gasteiger partial charge in [-0.15, -0.1) is 0 Å². The van der Waals surface area contributed by atoms with Crippen molar-refractivity contribution in [2.24, 2.45) is 7.05 Å². The third-order valence-corrected chi connectivity index (χ3v) is 2.68. The molecule has 0 spiro atoms. The lowest BCUT2D eigenvalue weighted by Crippen LogP contribution is -2.25. The first-order valence-electron chi connectivity index (χ1n) is 6.02. The minimum atomic E-state index is -0.311. The van der Waals surface area contributed by atoms with Crippen molar-refractivity contribution in [2.45, 2.75) is 6.54 Å². The molecule has 2 heterocycles. The fourth-order valence-electron chi connectivity index (χ4n) is 1.65. The Labute approximate surface area is 116 Å². The van der Waals surface area contributed by atoms with Gasteiger partial charge in [-0.2, -0.15) is 5.10 Å². The van der Waals surface area contributed by atoms with Gasteiger partial charge < -0.3 is 10.4 Å². The van der Waals surface area contributed by atoms with E-state index in [1.165, 1.54) is 6.20 Å². The predicted octanol–water partition coefficient (Wildman–Crippen LogP) is 0.0889. The number of nitrogens with zero attached hydrogens (tertiary/aromatic N) is 3. The fourth-order valence-corrected chi connectivity index (χ4v) is 1.65. The summed E-state index contributed by atoms with van der Waals surface area (Å²) in [7, 11) is 1.81. The summed E-state index contributed by atoms with van der Waals surface area (Å²) in [6.07, 6.45) is 3.20. The second-order valence-corrected chi connectivity index (χ2v) is 3.99. The minimum Gasteiger partial charge on any atom is -0.384 e. The summed E-state index contributed by atoms with van der Waals surface area (Å²) < 4.78 is 1.69. The molecule has 1 amide bonds. The number of nitrogens with one attached hydrogen (secondary N) is 1. The number of carbonyl (C=O) groups is 1. The molecule has 0 fully saturated rings. The summed E-state index contributed by atoms with van der Waals surface area (Å²) in [6, 6.07) is 5.21. The van der Waals surface area contributed by atoms with E-state index < -0.39 is 0 Å². The highest BCUT2D eigenvalue weighted by molar-refractivity contribution is 5.94. The highest BCUT2D eigenvalue weighted by Gasteiger charge is 2.11. The van der Waals surface area contributed by atoms with Gasteiger partial charge in [-0.25, -0.2) is 4.98 Å². The fraction of sp³-hybridized carbons (Fsp3) is 0.214. The number of aryl methyl sites for hydroxylation is 1. The van der Waals surface area contributed by atoms with Gasteiger partial charge in [-0.05, 0) is 18.2 Å². The van der Waals surface area contributed by atoms with Gasteiger partial charge in [0.2, 0.25) is 0 Å². The molecule has 0 unspecified atom stereocenters. The van der Waals surface area contributed by atoms with E-state index in [4.69, 9.17) is 5.11 Å². The lowest BCUT2D eigenvalue weighted by Gasteiger charge is -2.06. The largest absolute Gasteiger partial charge is 0.384 e. The van der Waals surface area contributed by atoms with Crippen molar-refractivity contribution in [2.75, 3.05) is 6.61 Å². The predicted molar refractivity (Wildman–Crippen MR) is 72.6 cm³/mol. The molecule has 0 aliphatic carbocycles. The summed E-state index contributed by atoms with van der Waals surface area (Å²) in [5.41, 5.74) is 1.62. The second kappa shape index (κ2) is 6.50. The Morgan fingerprint density at radius 2 is 2.30 bits per heavy atom. The van der Waals surface area contributed by atoms with Gasteiger partial charge in [0.25, 0.3) is 5.91 Å². The van der Waals surface area contributed by atoms with E-state index in [-0.39, 0.29) is 18.2 Å². The van der Waals surface area contributed by atoms with Crippen molar-refractivity contribution in [3.63, 3.8) is 0 Å². The van der Waals surface area contributed by atoms with Crippen LogP contribution in [0.25, 0.3) is 0 Å². The quantitative estimate of drug-likeness (QED) is 0.775. The van der Waals surface area contributed by atoms with Crippen LogP contribution in [0.5, 0.6) is 0 Å². The molecule has 0 bridgehead atoms. The van der Waals surface area contributed by atoms with E-state index >= 15 is 0 Å². The van der Waals surface area contributed by atoms with E-state index in [1.54, 1.807) is 30.1 Å². The average Bonchev–Trinajstić information content (AvgIpc) is 2.88.